The molecule has 1 atom stereocenters. The van der Waals surface area contributed by atoms with Crippen LogP contribution in [0.5, 0.6) is 11.5 Å². The predicted octanol–water partition coefficient (Wildman–Crippen LogP) is 3.43. The SMILES string of the molecule is COc1cccc2c1OC(CN)(CC=Cc1ccccc1)C2. The van der Waals surface area contributed by atoms with Crippen LogP contribution in [-0.4, -0.2) is 19.3 Å². The third kappa shape index (κ3) is 2.85. The van der Waals surface area contributed by atoms with Crippen molar-refractivity contribution in [1.29, 1.82) is 0 Å². The Balaban J connectivity index is 1.76. The summed E-state index contributed by atoms with van der Waals surface area (Å²) in [7, 11) is 1.66. The highest BCUT2D eigenvalue weighted by Gasteiger charge is 2.38. The van der Waals surface area contributed by atoms with Crippen LogP contribution in [0, 0.1) is 0 Å². The Morgan fingerprint density at radius 3 is 2.73 bits per heavy atom. The highest BCUT2D eigenvalue weighted by atomic mass is 16.5. The molecule has 114 valence electrons. The number of rotatable bonds is 5. The van der Waals surface area contributed by atoms with Crippen LogP contribution in [0.4, 0.5) is 0 Å². The topological polar surface area (TPSA) is 44.5 Å². The van der Waals surface area contributed by atoms with Crippen molar-refractivity contribution in [2.75, 3.05) is 13.7 Å². The summed E-state index contributed by atoms with van der Waals surface area (Å²) in [4.78, 5) is 0. The Morgan fingerprint density at radius 1 is 1.18 bits per heavy atom. The Labute approximate surface area is 131 Å². The van der Waals surface area contributed by atoms with E-state index in [1.54, 1.807) is 7.11 Å². The largest absolute Gasteiger partial charge is 0.493 e. The summed E-state index contributed by atoms with van der Waals surface area (Å²) in [6.07, 6.45) is 5.84. The summed E-state index contributed by atoms with van der Waals surface area (Å²) in [5.41, 5.74) is 7.99. The number of fused-ring (bicyclic) bond motifs is 1. The van der Waals surface area contributed by atoms with E-state index in [0.29, 0.717) is 6.54 Å². The summed E-state index contributed by atoms with van der Waals surface area (Å²) >= 11 is 0. The number of ether oxygens (including phenoxy) is 2. The van der Waals surface area contributed by atoms with Gasteiger partial charge in [-0.15, -0.1) is 0 Å². The first kappa shape index (κ1) is 14.7. The van der Waals surface area contributed by atoms with Gasteiger partial charge in [-0.2, -0.15) is 0 Å². The molecular formula is C19H21NO2. The minimum Gasteiger partial charge on any atom is -0.493 e. The van der Waals surface area contributed by atoms with E-state index in [4.69, 9.17) is 15.2 Å². The van der Waals surface area contributed by atoms with Gasteiger partial charge in [0, 0.05) is 24.9 Å². The van der Waals surface area contributed by atoms with E-state index in [9.17, 15) is 0 Å². The first-order chi connectivity index (χ1) is 10.8. The second kappa shape index (κ2) is 6.24. The van der Waals surface area contributed by atoms with E-state index < -0.39 is 0 Å². The van der Waals surface area contributed by atoms with Crippen molar-refractivity contribution in [2.45, 2.75) is 18.4 Å². The lowest BCUT2D eigenvalue weighted by Crippen LogP contribution is -2.42. The molecule has 1 heterocycles. The summed E-state index contributed by atoms with van der Waals surface area (Å²) in [5.74, 6) is 1.61. The number of nitrogens with two attached hydrogens (primary N) is 1. The summed E-state index contributed by atoms with van der Waals surface area (Å²) in [5, 5.41) is 0. The summed E-state index contributed by atoms with van der Waals surface area (Å²) in [6.45, 7) is 0.476. The van der Waals surface area contributed by atoms with Crippen LogP contribution in [0.25, 0.3) is 6.08 Å². The molecule has 0 fully saturated rings. The fourth-order valence-electron chi connectivity index (χ4n) is 2.86. The zero-order valence-electron chi connectivity index (χ0n) is 12.8. The molecule has 0 aliphatic carbocycles. The van der Waals surface area contributed by atoms with Gasteiger partial charge >= 0.3 is 0 Å². The average Bonchev–Trinajstić information content (AvgIpc) is 2.95. The molecule has 1 unspecified atom stereocenters. The van der Waals surface area contributed by atoms with E-state index in [-0.39, 0.29) is 5.60 Å². The van der Waals surface area contributed by atoms with Crippen molar-refractivity contribution in [1.82, 2.24) is 0 Å². The van der Waals surface area contributed by atoms with Gasteiger partial charge in [0.25, 0.3) is 0 Å². The number of hydrogen-bond donors (Lipinski definition) is 1. The Morgan fingerprint density at radius 2 is 2.00 bits per heavy atom. The molecular weight excluding hydrogens is 274 g/mol. The molecule has 1 aliphatic rings. The van der Waals surface area contributed by atoms with E-state index in [0.717, 1.165) is 29.9 Å². The summed E-state index contributed by atoms with van der Waals surface area (Å²) in [6, 6.07) is 16.2. The quantitative estimate of drug-likeness (QED) is 0.919. The number of para-hydroxylation sites is 1. The third-order valence-corrected chi connectivity index (χ3v) is 4.08. The van der Waals surface area contributed by atoms with E-state index in [1.165, 1.54) is 5.56 Å². The average molecular weight is 295 g/mol. The van der Waals surface area contributed by atoms with Crippen molar-refractivity contribution >= 4 is 6.08 Å². The van der Waals surface area contributed by atoms with E-state index in [1.807, 2.05) is 30.3 Å². The molecule has 0 amide bonds. The van der Waals surface area contributed by atoms with Crippen LogP contribution in [-0.2, 0) is 6.42 Å². The maximum atomic E-state index is 6.20. The van der Waals surface area contributed by atoms with Crippen LogP contribution >= 0.6 is 0 Å². The molecule has 2 aromatic carbocycles. The van der Waals surface area contributed by atoms with Gasteiger partial charge in [0.1, 0.15) is 5.60 Å². The smallest absolute Gasteiger partial charge is 0.165 e. The van der Waals surface area contributed by atoms with Gasteiger partial charge in [-0.05, 0) is 11.6 Å². The van der Waals surface area contributed by atoms with Crippen molar-refractivity contribution < 1.29 is 9.47 Å². The van der Waals surface area contributed by atoms with Crippen LogP contribution in [0.3, 0.4) is 0 Å². The number of hydrogen-bond acceptors (Lipinski definition) is 3. The third-order valence-electron chi connectivity index (χ3n) is 4.08. The molecule has 0 bridgehead atoms. The maximum absolute atomic E-state index is 6.20. The van der Waals surface area contributed by atoms with Gasteiger partial charge in [-0.25, -0.2) is 0 Å². The van der Waals surface area contributed by atoms with Gasteiger partial charge in [0.15, 0.2) is 11.5 Å². The van der Waals surface area contributed by atoms with Crippen molar-refractivity contribution in [3.05, 3.63) is 65.7 Å². The molecule has 0 radical (unpaired) electrons. The van der Waals surface area contributed by atoms with Gasteiger partial charge < -0.3 is 15.2 Å². The Bertz CT molecular complexity index is 666. The first-order valence-corrected chi connectivity index (χ1v) is 7.53. The molecule has 3 nitrogen and oxygen atoms in total. The standard InChI is InChI=1S/C19H21NO2/c1-21-17-11-5-10-16-13-19(14-20,22-18(16)17)12-6-9-15-7-3-2-4-8-15/h2-11H,12-14,20H2,1H3. The van der Waals surface area contributed by atoms with Gasteiger partial charge in [-0.3, -0.25) is 0 Å². The highest BCUT2D eigenvalue weighted by Crippen LogP contribution is 2.43. The summed E-state index contributed by atoms with van der Waals surface area (Å²) < 4.78 is 11.6. The molecule has 2 aromatic rings. The zero-order valence-corrected chi connectivity index (χ0v) is 12.8. The molecule has 0 saturated heterocycles. The maximum Gasteiger partial charge on any atom is 0.165 e. The lowest BCUT2D eigenvalue weighted by molar-refractivity contribution is 0.104. The molecule has 0 aromatic heterocycles. The minimum absolute atomic E-state index is 0.373. The molecule has 0 spiro atoms. The van der Waals surface area contributed by atoms with Crippen LogP contribution in [0.1, 0.15) is 17.5 Å². The monoisotopic (exact) mass is 295 g/mol. The first-order valence-electron chi connectivity index (χ1n) is 7.53. The normalized spacial score (nSPS) is 19.9. The van der Waals surface area contributed by atoms with Crippen LogP contribution in [0.2, 0.25) is 0 Å². The van der Waals surface area contributed by atoms with Gasteiger partial charge in [0.05, 0.1) is 7.11 Å². The fraction of sp³-hybridized carbons (Fsp3) is 0.263. The van der Waals surface area contributed by atoms with E-state index >= 15 is 0 Å². The van der Waals surface area contributed by atoms with Crippen molar-refractivity contribution in [3.8, 4) is 11.5 Å². The lowest BCUT2D eigenvalue weighted by Gasteiger charge is -2.26. The Hall–Kier alpha value is -2.26. The number of methoxy groups -OCH3 is 1. The molecule has 3 heteroatoms. The molecule has 0 saturated carbocycles. The molecule has 22 heavy (non-hydrogen) atoms. The van der Waals surface area contributed by atoms with Crippen LogP contribution < -0.4 is 15.2 Å². The number of benzene rings is 2. The van der Waals surface area contributed by atoms with Gasteiger partial charge in [0.2, 0.25) is 0 Å². The predicted molar refractivity (Wildman–Crippen MR) is 89.2 cm³/mol. The fourth-order valence-corrected chi connectivity index (χ4v) is 2.86. The molecule has 3 rings (SSSR count). The minimum atomic E-state index is -0.373. The highest BCUT2D eigenvalue weighted by molar-refractivity contribution is 5.52. The second-order valence-corrected chi connectivity index (χ2v) is 5.63. The molecule has 2 N–H and O–H groups in total. The van der Waals surface area contributed by atoms with E-state index in [2.05, 4.69) is 30.4 Å². The lowest BCUT2D eigenvalue weighted by atomic mass is 9.93. The Kier molecular flexibility index (Phi) is 4.16. The second-order valence-electron chi connectivity index (χ2n) is 5.63. The zero-order chi connectivity index (χ0) is 15.4. The van der Waals surface area contributed by atoms with Crippen LogP contribution in [0.15, 0.2) is 54.6 Å². The molecule has 1 aliphatic heterocycles. The van der Waals surface area contributed by atoms with Gasteiger partial charge in [-0.1, -0.05) is 54.6 Å². The van der Waals surface area contributed by atoms with Crippen molar-refractivity contribution in [3.63, 3.8) is 0 Å². The van der Waals surface area contributed by atoms with Crippen molar-refractivity contribution in [2.24, 2.45) is 5.73 Å².